The predicted molar refractivity (Wildman–Crippen MR) is 98.7 cm³/mol. The lowest BCUT2D eigenvalue weighted by Crippen LogP contribution is -2.14. The molecule has 0 aliphatic carbocycles. The van der Waals surface area contributed by atoms with Crippen molar-refractivity contribution < 1.29 is 13.6 Å². The van der Waals surface area contributed by atoms with E-state index in [2.05, 4.69) is 15.3 Å². The predicted octanol–water partition coefficient (Wildman–Crippen LogP) is 6.22. The molecular weight excluding hydrogens is 435 g/mol. The molecule has 0 aliphatic heterocycles. The summed E-state index contributed by atoms with van der Waals surface area (Å²) in [6.07, 6.45) is 1.22. The number of halogens is 5. The van der Waals surface area contributed by atoms with Gasteiger partial charge in [-0.25, -0.2) is 9.97 Å². The van der Waals surface area contributed by atoms with Crippen LogP contribution in [-0.2, 0) is 0 Å². The van der Waals surface area contributed by atoms with Crippen molar-refractivity contribution in [2.45, 2.75) is 10.7 Å². The third kappa shape index (κ3) is 4.15. The average molecular weight is 441 g/mol. The fourth-order valence-electron chi connectivity index (χ4n) is 1.89. The maximum absolute atomic E-state index is 12.4. The second-order valence-electron chi connectivity index (χ2n) is 4.56. The molecule has 2 aromatic heterocycles. The molecule has 130 valence electrons. The van der Waals surface area contributed by atoms with Gasteiger partial charge in [0.15, 0.2) is 5.13 Å². The van der Waals surface area contributed by atoms with Crippen LogP contribution < -0.4 is 5.32 Å². The van der Waals surface area contributed by atoms with Gasteiger partial charge in [0.05, 0.1) is 25.3 Å². The zero-order valence-electron chi connectivity index (χ0n) is 11.9. The monoisotopic (exact) mass is 439 g/mol. The zero-order chi connectivity index (χ0) is 18.1. The second-order valence-corrected chi connectivity index (χ2v) is 7.82. The number of anilines is 1. The number of alkyl halides is 2. The molecule has 3 rings (SSSR count). The van der Waals surface area contributed by atoms with Crippen molar-refractivity contribution >= 4 is 79.2 Å². The number of pyridine rings is 1. The van der Waals surface area contributed by atoms with Crippen LogP contribution in [0.25, 0.3) is 10.2 Å². The SMILES string of the molecule is O=C(Nc1nc2ccc(SC(F)F)cc2s1)c1ncc(Cl)c(Cl)c1Cl. The minimum Gasteiger partial charge on any atom is -0.296 e. The number of nitrogens with zero attached hydrogens (tertiary/aromatic N) is 2. The number of nitrogens with one attached hydrogen (secondary N) is 1. The van der Waals surface area contributed by atoms with Gasteiger partial charge in [0.1, 0.15) is 5.69 Å². The van der Waals surface area contributed by atoms with E-state index in [1.165, 1.54) is 6.20 Å². The van der Waals surface area contributed by atoms with Gasteiger partial charge >= 0.3 is 0 Å². The van der Waals surface area contributed by atoms with Crippen molar-refractivity contribution in [1.29, 1.82) is 0 Å². The van der Waals surface area contributed by atoms with Crippen LogP contribution in [0.15, 0.2) is 29.3 Å². The fraction of sp³-hybridized carbons (Fsp3) is 0.0714. The van der Waals surface area contributed by atoms with Crippen LogP contribution in [0.3, 0.4) is 0 Å². The van der Waals surface area contributed by atoms with E-state index < -0.39 is 11.7 Å². The standard InChI is InChI=1S/C14H6Cl3F2N3OS2/c15-6-4-20-11(10(17)9(6)16)12(23)22-14-21-7-2-1-5(24-13(18)19)3-8(7)25-14/h1-4,13H,(H,21,22,23). The summed E-state index contributed by atoms with van der Waals surface area (Å²) in [5.74, 6) is -3.11. The Labute approximate surface area is 163 Å². The number of benzene rings is 1. The van der Waals surface area contributed by atoms with Crippen LogP contribution in [0.4, 0.5) is 13.9 Å². The molecule has 0 fully saturated rings. The van der Waals surface area contributed by atoms with E-state index in [0.717, 1.165) is 11.3 Å². The van der Waals surface area contributed by atoms with Gasteiger partial charge < -0.3 is 0 Å². The van der Waals surface area contributed by atoms with Crippen LogP contribution in [0.1, 0.15) is 10.5 Å². The van der Waals surface area contributed by atoms with Crippen LogP contribution in [0.5, 0.6) is 0 Å². The van der Waals surface area contributed by atoms with E-state index in [-0.39, 0.29) is 25.9 Å². The summed E-state index contributed by atoms with van der Waals surface area (Å²) in [6, 6.07) is 4.74. The molecule has 0 aliphatic rings. The van der Waals surface area contributed by atoms with E-state index in [1.807, 2.05) is 0 Å². The number of amides is 1. The summed E-state index contributed by atoms with van der Waals surface area (Å²) in [7, 11) is 0. The van der Waals surface area contributed by atoms with Gasteiger partial charge in [-0.3, -0.25) is 10.1 Å². The van der Waals surface area contributed by atoms with Crippen LogP contribution in [0, 0.1) is 0 Å². The molecule has 0 bridgehead atoms. The number of hydrogen-bond acceptors (Lipinski definition) is 5. The summed E-state index contributed by atoms with van der Waals surface area (Å²) in [4.78, 5) is 20.8. The summed E-state index contributed by atoms with van der Waals surface area (Å²) in [5, 5.41) is 2.94. The van der Waals surface area contributed by atoms with Gasteiger partial charge in [-0.1, -0.05) is 57.9 Å². The van der Waals surface area contributed by atoms with Gasteiger partial charge in [0.2, 0.25) is 0 Å². The van der Waals surface area contributed by atoms with Crippen molar-refractivity contribution in [3.05, 3.63) is 45.2 Å². The molecular formula is C14H6Cl3F2N3OS2. The first kappa shape index (κ1) is 18.6. The number of hydrogen-bond donors (Lipinski definition) is 1. The largest absolute Gasteiger partial charge is 0.296 e. The molecule has 2 heterocycles. The Morgan fingerprint density at radius 2 is 2.00 bits per heavy atom. The second kappa shape index (κ2) is 7.59. The Morgan fingerprint density at radius 1 is 1.24 bits per heavy atom. The number of fused-ring (bicyclic) bond motifs is 1. The number of thiazole rings is 1. The Balaban J connectivity index is 1.85. The number of aromatic nitrogens is 2. The quantitative estimate of drug-likeness (QED) is 0.489. The van der Waals surface area contributed by atoms with Crippen molar-refractivity contribution in [2.75, 3.05) is 5.32 Å². The number of carbonyl (C=O) groups excluding carboxylic acids is 1. The zero-order valence-corrected chi connectivity index (χ0v) is 15.8. The highest BCUT2D eigenvalue weighted by atomic mass is 35.5. The highest BCUT2D eigenvalue weighted by Gasteiger charge is 2.18. The fourth-order valence-corrected chi connectivity index (χ4v) is 3.97. The molecule has 0 spiro atoms. The molecule has 1 N–H and O–H groups in total. The van der Waals surface area contributed by atoms with Gasteiger partial charge in [0.25, 0.3) is 11.7 Å². The Kier molecular flexibility index (Phi) is 5.65. The van der Waals surface area contributed by atoms with Crippen LogP contribution in [-0.4, -0.2) is 21.6 Å². The van der Waals surface area contributed by atoms with Crippen LogP contribution >= 0.6 is 57.9 Å². The normalized spacial score (nSPS) is 11.3. The highest BCUT2D eigenvalue weighted by Crippen LogP contribution is 2.34. The van der Waals surface area contributed by atoms with Gasteiger partial charge in [-0.15, -0.1) is 0 Å². The molecule has 11 heteroatoms. The first-order valence-electron chi connectivity index (χ1n) is 6.51. The Morgan fingerprint density at radius 3 is 2.72 bits per heavy atom. The molecule has 25 heavy (non-hydrogen) atoms. The summed E-state index contributed by atoms with van der Waals surface area (Å²) < 4.78 is 25.5. The molecule has 3 aromatic rings. The maximum Gasteiger partial charge on any atom is 0.288 e. The van der Waals surface area contributed by atoms with Gasteiger partial charge in [0, 0.05) is 11.1 Å². The summed E-state index contributed by atoms with van der Waals surface area (Å²) in [5.41, 5.74) is 0.483. The lowest BCUT2D eigenvalue weighted by atomic mass is 10.3. The topological polar surface area (TPSA) is 54.9 Å². The summed E-state index contributed by atoms with van der Waals surface area (Å²) in [6.45, 7) is 0. The Bertz CT molecular complexity index is 968. The van der Waals surface area contributed by atoms with Gasteiger partial charge in [-0.2, -0.15) is 8.78 Å². The van der Waals surface area contributed by atoms with E-state index in [4.69, 9.17) is 34.8 Å². The van der Waals surface area contributed by atoms with E-state index in [0.29, 0.717) is 26.9 Å². The number of rotatable bonds is 4. The molecule has 0 radical (unpaired) electrons. The Hall–Kier alpha value is -1.19. The van der Waals surface area contributed by atoms with Gasteiger partial charge in [-0.05, 0) is 18.2 Å². The van der Waals surface area contributed by atoms with E-state index in [9.17, 15) is 13.6 Å². The van der Waals surface area contributed by atoms with Crippen molar-refractivity contribution in [2.24, 2.45) is 0 Å². The first-order valence-corrected chi connectivity index (χ1v) is 9.34. The number of carbonyl (C=O) groups is 1. The highest BCUT2D eigenvalue weighted by molar-refractivity contribution is 7.99. The lowest BCUT2D eigenvalue weighted by molar-refractivity contribution is 0.102. The van der Waals surface area contributed by atoms with Crippen molar-refractivity contribution in [1.82, 2.24) is 9.97 Å². The molecule has 0 atom stereocenters. The third-order valence-electron chi connectivity index (χ3n) is 2.94. The smallest absolute Gasteiger partial charge is 0.288 e. The molecule has 1 amide bonds. The van der Waals surface area contributed by atoms with Crippen LogP contribution in [0.2, 0.25) is 15.1 Å². The van der Waals surface area contributed by atoms with E-state index >= 15 is 0 Å². The average Bonchev–Trinajstić information content (AvgIpc) is 2.93. The minimum atomic E-state index is -2.51. The van der Waals surface area contributed by atoms with Crippen molar-refractivity contribution in [3.63, 3.8) is 0 Å². The van der Waals surface area contributed by atoms with Crippen molar-refractivity contribution in [3.8, 4) is 0 Å². The first-order chi connectivity index (χ1) is 11.8. The molecule has 1 aromatic carbocycles. The molecule has 0 saturated carbocycles. The molecule has 4 nitrogen and oxygen atoms in total. The van der Waals surface area contributed by atoms with E-state index in [1.54, 1.807) is 18.2 Å². The third-order valence-corrected chi connectivity index (χ3v) is 5.82. The molecule has 0 saturated heterocycles. The molecule has 0 unspecified atom stereocenters. The maximum atomic E-state index is 12.4. The lowest BCUT2D eigenvalue weighted by Gasteiger charge is -2.05. The minimum absolute atomic E-state index is 0.0291. The summed E-state index contributed by atoms with van der Waals surface area (Å²) >= 11 is 19.2. The number of thioether (sulfide) groups is 1.